The normalized spacial score (nSPS) is 30.1. The van der Waals surface area contributed by atoms with Crippen molar-refractivity contribution in [2.24, 2.45) is 17.8 Å². The lowest BCUT2D eigenvalue weighted by Gasteiger charge is -2.50. The quantitative estimate of drug-likeness (QED) is 0.0867. The Morgan fingerprint density at radius 2 is 1.55 bits per heavy atom. The summed E-state index contributed by atoms with van der Waals surface area (Å²) in [5.74, 6) is -21.4. The third-order valence-electron chi connectivity index (χ3n) is 9.79. The molecule has 7 nitrogen and oxygen atoms in total. The van der Waals surface area contributed by atoms with E-state index >= 15 is 8.78 Å². The van der Waals surface area contributed by atoms with E-state index in [1.54, 1.807) is 23.6 Å². The minimum Gasteiger partial charge on any atom is -0.507 e. The fourth-order valence-corrected chi connectivity index (χ4v) is 9.23. The van der Waals surface area contributed by atoms with Crippen LogP contribution < -0.4 is 4.90 Å². The first-order valence-corrected chi connectivity index (χ1v) is 15.9. The number of likely N-dealkylation sites (tertiary alicyclic amines) is 1. The molecule has 3 fully saturated rings. The molecule has 2 saturated heterocycles. The monoisotopic (exact) mass is 710 g/mol. The van der Waals surface area contributed by atoms with E-state index in [1.165, 1.54) is 36.5 Å². The van der Waals surface area contributed by atoms with E-state index < -0.39 is 98.2 Å². The van der Waals surface area contributed by atoms with Crippen molar-refractivity contribution < 1.29 is 46.2 Å². The molecule has 6 atom stereocenters. The van der Waals surface area contributed by atoms with Gasteiger partial charge in [-0.05, 0) is 42.7 Å². The van der Waals surface area contributed by atoms with Crippen molar-refractivity contribution in [1.29, 1.82) is 0 Å². The molecule has 2 aromatic carbocycles. The molecule has 1 saturated carbocycles. The average Bonchev–Trinajstić information content (AvgIpc) is 3.68. The first kappa shape index (κ1) is 31.8. The number of anilines is 1. The Hall–Kier alpha value is -3.81. The number of carbonyl (C=O) groups is 4. The van der Waals surface area contributed by atoms with Crippen molar-refractivity contribution in [3.63, 3.8) is 0 Å². The summed E-state index contributed by atoms with van der Waals surface area (Å²) in [6, 6.07) is 7.93. The van der Waals surface area contributed by atoms with Gasteiger partial charge in [0, 0.05) is 16.4 Å². The van der Waals surface area contributed by atoms with E-state index in [-0.39, 0.29) is 34.8 Å². The van der Waals surface area contributed by atoms with E-state index in [1.807, 2.05) is 0 Å². The zero-order valence-corrected chi connectivity index (χ0v) is 26.3. The summed E-state index contributed by atoms with van der Waals surface area (Å²) in [7, 11) is 0. The Morgan fingerprint density at radius 3 is 2.19 bits per heavy atom. The van der Waals surface area contributed by atoms with Gasteiger partial charge in [0.1, 0.15) is 11.4 Å². The Labute approximate surface area is 277 Å². The van der Waals surface area contributed by atoms with Gasteiger partial charge in [-0.15, -0.1) is 34.5 Å². The molecule has 3 heterocycles. The van der Waals surface area contributed by atoms with Gasteiger partial charge < -0.3 is 5.11 Å². The maximum Gasteiger partial charge on any atom is 0.258 e. The maximum atomic E-state index is 15.1. The van der Waals surface area contributed by atoms with Crippen LogP contribution in [0, 0.1) is 53.8 Å². The van der Waals surface area contributed by atoms with E-state index in [9.17, 15) is 37.5 Å². The van der Waals surface area contributed by atoms with Gasteiger partial charge >= 0.3 is 0 Å². The third-order valence-corrected chi connectivity index (χ3v) is 12.1. The molecule has 1 aromatic heterocycles. The van der Waals surface area contributed by atoms with Crippen LogP contribution in [0.15, 0.2) is 47.4 Å². The molecule has 7 rings (SSSR count). The fourth-order valence-electron chi connectivity index (χ4n) is 7.61. The number of halogens is 7. The van der Waals surface area contributed by atoms with Gasteiger partial charge in [0.25, 0.3) is 11.8 Å². The maximum absolute atomic E-state index is 15.1. The lowest BCUT2D eigenvalue weighted by atomic mass is 9.56. The highest BCUT2D eigenvalue weighted by Crippen LogP contribution is 2.66. The minimum absolute atomic E-state index is 0.0105. The third kappa shape index (κ3) is 4.02. The summed E-state index contributed by atoms with van der Waals surface area (Å²) < 4.78 is 73.0. The van der Waals surface area contributed by atoms with Crippen LogP contribution in [0.1, 0.15) is 34.8 Å². The Bertz CT molecular complexity index is 1950. The molecule has 4 amide bonds. The van der Waals surface area contributed by atoms with Gasteiger partial charge in [-0.3, -0.25) is 24.1 Å². The number of alkyl halides is 2. The van der Waals surface area contributed by atoms with Crippen molar-refractivity contribution in [3.8, 4) is 5.75 Å². The highest BCUT2D eigenvalue weighted by molar-refractivity contribution is 7.09. The van der Waals surface area contributed by atoms with Crippen LogP contribution in [0.25, 0.3) is 0 Å². The molecule has 3 aromatic rings. The summed E-state index contributed by atoms with van der Waals surface area (Å²) in [4.78, 5) is 52.3. The largest absolute Gasteiger partial charge is 0.507 e. The zero-order chi connectivity index (χ0) is 33.9. The summed E-state index contributed by atoms with van der Waals surface area (Å²) >= 11 is 15.5. The van der Waals surface area contributed by atoms with Crippen molar-refractivity contribution in [1.82, 2.24) is 4.90 Å². The van der Waals surface area contributed by atoms with Gasteiger partial charge in [0.2, 0.25) is 17.6 Å². The summed E-state index contributed by atoms with van der Waals surface area (Å²) in [6.45, 7) is 1.52. The van der Waals surface area contributed by atoms with Crippen molar-refractivity contribution in [3.05, 3.63) is 92.5 Å². The van der Waals surface area contributed by atoms with Crippen molar-refractivity contribution >= 4 is 63.9 Å². The van der Waals surface area contributed by atoms with E-state index in [0.29, 0.717) is 5.56 Å². The number of aromatic hydroxyl groups is 1. The lowest BCUT2D eigenvalue weighted by Crippen LogP contribution is -2.60. The predicted molar refractivity (Wildman–Crippen MR) is 159 cm³/mol. The van der Waals surface area contributed by atoms with Crippen LogP contribution in [0.4, 0.5) is 27.6 Å². The van der Waals surface area contributed by atoms with Crippen LogP contribution in [-0.2, 0) is 25.7 Å². The number of carbonyl (C=O) groups excluding carboxylic acids is 4. The second-order valence-corrected chi connectivity index (χ2v) is 14.3. The number of imide groups is 2. The molecule has 2 aliphatic carbocycles. The Kier molecular flexibility index (Phi) is 7.16. The predicted octanol–water partition coefficient (Wildman–Crippen LogP) is 6.22. The number of aryl methyl sites for hydroxylation is 1. The first-order valence-electron chi connectivity index (χ1n) is 14.3. The van der Waals surface area contributed by atoms with Crippen LogP contribution >= 0.6 is 34.5 Å². The van der Waals surface area contributed by atoms with Gasteiger partial charge in [-0.25, -0.2) is 26.9 Å². The number of hydrogen-bond acceptors (Lipinski definition) is 6. The van der Waals surface area contributed by atoms with Gasteiger partial charge in [-0.1, -0.05) is 35.9 Å². The molecule has 0 spiro atoms. The number of rotatable bonds is 4. The molecular formula is C32H21Cl2F5N2O5S. The van der Waals surface area contributed by atoms with Crippen LogP contribution in [-0.4, -0.2) is 43.4 Å². The second-order valence-electron chi connectivity index (χ2n) is 12.0. The Morgan fingerprint density at radius 1 is 0.894 bits per heavy atom. The minimum atomic E-state index is -2.70. The average molecular weight is 711 g/mol. The number of phenols is 1. The van der Waals surface area contributed by atoms with E-state index in [2.05, 4.69) is 0 Å². The van der Waals surface area contributed by atoms with Crippen molar-refractivity contribution in [2.45, 2.75) is 42.0 Å². The number of phenolic OH excluding ortho intramolecular Hbond substituents is 1. The number of allylic oxidation sites excluding steroid dienone is 2. The number of benzene rings is 2. The van der Waals surface area contributed by atoms with Gasteiger partial charge in [0.15, 0.2) is 33.0 Å². The summed E-state index contributed by atoms with van der Waals surface area (Å²) in [5.41, 5.74) is -1.32. The molecular weight excluding hydrogens is 690 g/mol. The highest BCUT2D eigenvalue weighted by Gasteiger charge is 2.77. The summed E-state index contributed by atoms with van der Waals surface area (Å²) in [5, 5.41) is 13.0. The topological polar surface area (TPSA) is 95.0 Å². The molecule has 15 heteroatoms. The molecule has 1 N–H and O–H groups in total. The van der Waals surface area contributed by atoms with Crippen LogP contribution in [0.3, 0.4) is 0 Å². The molecule has 4 aliphatic rings. The van der Waals surface area contributed by atoms with E-state index in [0.717, 1.165) is 9.78 Å². The first-order chi connectivity index (χ1) is 22.2. The Balaban J connectivity index is 1.43. The standard InChI is InChI=1S/C32H21Cl2F5N2O5S/c1-12-4-2-6-16(26(12)42)19-14-7-8-15-18(28(44)40(27(15)43)11-13-5-3-9-47-13)17(14)10-31(33)29(45)41(30(46)32(19,31)34)25-23(38)21(36)20(35)22(37)24(25)39/h2-7,9,15,17-19,42H,8,10-11H2,1H3/t15-,17+,18-,19+,31+,32-/m0/s1. The number of hydrogen-bond donors (Lipinski definition) is 1. The lowest BCUT2D eigenvalue weighted by molar-refractivity contribution is -0.141. The van der Waals surface area contributed by atoms with Crippen LogP contribution in [0.5, 0.6) is 5.75 Å². The SMILES string of the molecule is Cc1cccc([C@H]2C3=CC[C@@H]4C(=O)N(Cc5cccs5)C(=O)[C@@H]4[C@@H]3C[C@@]3(Cl)C(=O)N(c4c(F)c(F)c(F)c(F)c4F)C(=O)[C@@]23Cl)c1O. The number of thiophene rings is 1. The van der Waals surface area contributed by atoms with E-state index in [4.69, 9.17) is 23.2 Å². The number of fused-ring (bicyclic) bond motifs is 4. The number of amides is 4. The smallest absolute Gasteiger partial charge is 0.258 e. The molecule has 2 aliphatic heterocycles. The highest BCUT2D eigenvalue weighted by atomic mass is 35.5. The number of nitrogens with zero attached hydrogens (tertiary/aromatic N) is 2. The molecule has 0 bridgehead atoms. The zero-order valence-electron chi connectivity index (χ0n) is 24.0. The van der Waals surface area contributed by atoms with Gasteiger partial charge in [0.05, 0.1) is 18.4 Å². The molecule has 0 unspecified atom stereocenters. The summed E-state index contributed by atoms with van der Waals surface area (Å²) in [6.07, 6.45) is 0.977. The molecule has 47 heavy (non-hydrogen) atoms. The van der Waals surface area contributed by atoms with Gasteiger partial charge in [-0.2, -0.15) is 0 Å². The second kappa shape index (κ2) is 10.6. The number of para-hydroxylation sites is 1. The molecule has 0 radical (unpaired) electrons. The fraction of sp³-hybridized carbons (Fsp3) is 0.312. The molecule has 244 valence electrons. The van der Waals surface area contributed by atoms with Crippen molar-refractivity contribution in [2.75, 3.05) is 4.90 Å². The van der Waals surface area contributed by atoms with Crippen LogP contribution in [0.2, 0.25) is 0 Å².